The fraction of sp³-hybridized carbons (Fsp3) is 0.488. The smallest absolute Gasteiger partial charge is 0.456 e. The largest absolute Gasteiger partial charge is 0.471 e. The summed E-state index contributed by atoms with van der Waals surface area (Å²) in [4.78, 5) is 50.7. The van der Waals surface area contributed by atoms with Gasteiger partial charge in [-0.1, -0.05) is 20.3 Å². The molecule has 0 aliphatic carbocycles. The molecule has 0 bridgehead atoms. The summed E-state index contributed by atoms with van der Waals surface area (Å²) in [7, 11) is -4.22. The molecule has 13 nitrogen and oxygen atoms in total. The average Bonchev–Trinajstić information content (AvgIpc) is 3.44. The van der Waals surface area contributed by atoms with E-state index in [-0.39, 0.29) is 86.1 Å². The molecule has 0 saturated heterocycles. The second kappa shape index (κ2) is 18.9. The molecule has 0 aromatic heterocycles. The Morgan fingerprint density at radius 3 is 1.75 bits per heavy atom. The van der Waals surface area contributed by atoms with E-state index in [2.05, 4.69) is 0 Å². The maximum absolute atomic E-state index is 14.7. The van der Waals surface area contributed by atoms with Gasteiger partial charge in [-0.25, -0.2) is 4.79 Å². The number of aliphatic hydroxyl groups excluding tert-OH is 1. The molecule has 17 heteroatoms. The number of amides is 1. The van der Waals surface area contributed by atoms with Gasteiger partial charge in [0.2, 0.25) is 0 Å². The number of carbonyl (C=O) groups excluding carboxylic acids is 4. The standard InChI is InChI=1S/C42H49F3NO12P.CH4/c1-39(2,3)37(50)55-26-13-17-30-33(23-26)57-34-24-27(56-38(51)40(4,5)6)14-18-31(34)41(30)32-25-28(15-16-29(32)35(48)58-41)59(52,53-21-11-8-7-10-20-47)54-22-12-9-19-46-36(49)42(43,44)45;/h13-18,23-25,47H,7-12,19-22H2,1-6H3,(H,46,49);1H4. The molecule has 2 N–H and O–H groups in total. The molecule has 1 unspecified atom stereocenters. The van der Waals surface area contributed by atoms with Gasteiger partial charge >= 0.3 is 37.6 Å². The van der Waals surface area contributed by atoms with Gasteiger partial charge in [-0.2, -0.15) is 13.2 Å². The van der Waals surface area contributed by atoms with Crippen molar-refractivity contribution in [3.8, 4) is 23.0 Å². The number of benzene rings is 3. The quantitative estimate of drug-likeness (QED) is 0.0608. The van der Waals surface area contributed by atoms with Crippen LogP contribution in [0.3, 0.4) is 0 Å². The molecule has 5 rings (SSSR count). The molecule has 0 radical (unpaired) electrons. The van der Waals surface area contributed by atoms with Crippen molar-refractivity contribution in [2.45, 2.75) is 99.3 Å². The summed E-state index contributed by atoms with van der Waals surface area (Å²) >= 11 is 0. The monoisotopic (exact) mass is 863 g/mol. The number of unbranched alkanes of at least 4 members (excludes halogenated alkanes) is 4. The number of nitrogens with one attached hydrogen (secondary N) is 1. The molecule has 60 heavy (non-hydrogen) atoms. The van der Waals surface area contributed by atoms with Crippen molar-refractivity contribution in [3.63, 3.8) is 0 Å². The third kappa shape index (κ3) is 10.8. The minimum atomic E-state index is -5.03. The van der Waals surface area contributed by atoms with Crippen LogP contribution >= 0.6 is 7.60 Å². The molecule has 328 valence electrons. The summed E-state index contributed by atoms with van der Waals surface area (Å²) in [5, 5.41) is 11.0. The minimum absolute atomic E-state index is 0. The van der Waals surface area contributed by atoms with Crippen LogP contribution in [0, 0.1) is 10.8 Å². The molecule has 3 aromatic rings. The number of carbonyl (C=O) groups is 4. The van der Waals surface area contributed by atoms with E-state index in [0.717, 1.165) is 0 Å². The molecule has 1 amide bonds. The fourth-order valence-corrected chi connectivity index (χ4v) is 7.80. The van der Waals surface area contributed by atoms with Crippen molar-refractivity contribution in [1.29, 1.82) is 0 Å². The van der Waals surface area contributed by atoms with E-state index in [1.165, 1.54) is 42.5 Å². The van der Waals surface area contributed by atoms with Gasteiger partial charge in [0.1, 0.15) is 23.0 Å². The number of ether oxygens (including phenoxy) is 4. The highest BCUT2D eigenvalue weighted by Crippen LogP contribution is 2.58. The Labute approximate surface area is 347 Å². The zero-order valence-electron chi connectivity index (χ0n) is 33.8. The van der Waals surface area contributed by atoms with Crippen molar-refractivity contribution in [3.05, 3.63) is 76.9 Å². The highest BCUT2D eigenvalue weighted by atomic mass is 31.2. The molecule has 2 aliphatic heterocycles. The van der Waals surface area contributed by atoms with Crippen molar-refractivity contribution in [1.82, 2.24) is 5.32 Å². The second-order valence-electron chi connectivity index (χ2n) is 16.3. The first-order valence-corrected chi connectivity index (χ1v) is 20.8. The maximum atomic E-state index is 14.7. The highest BCUT2D eigenvalue weighted by Gasteiger charge is 2.54. The topological polar surface area (TPSA) is 173 Å². The highest BCUT2D eigenvalue weighted by molar-refractivity contribution is 7.62. The normalized spacial score (nSPS) is 15.0. The van der Waals surface area contributed by atoms with E-state index in [4.69, 9.17) is 33.1 Å². The van der Waals surface area contributed by atoms with Gasteiger partial charge in [0.05, 0.1) is 34.9 Å². The number of rotatable bonds is 16. The van der Waals surface area contributed by atoms with Crippen LogP contribution in [0.15, 0.2) is 54.6 Å². The van der Waals surface area contributed by atoms with E-state index in [1.54, 1.807) is 59.0 Å². The number of halogens is 3. The molecular formula is C43H53F3NO12P. The number of alkyl halides is 3. The van der Waals surface area contributed by atoms with E-state index in [9.17, 15) is 36.9 Å². The molecule has 3 aromatic carbocycles. The number of esters is 3. The van der Waals surface area contributed by atoms with E-state index in [0.29, 0.717) is 36.8 Å². The Hall–Kier alpha value is -4.76. The Morgan fingerprint density at radius 1 is 0.733 bits per heavy atom. The lowest BCUT2D eigenvalue weighted by Crippen LogP contribution is -2.37. The number of aliphatic hydroxyl groups is 1. The Balaban J connectivity index is 0.00000794. The van der Waals surface area contributed by atoms with Crippen molar-refractivity contribution < 1.29 is 70.0 Å². The summed E-state index contributed by atoms with van der Waals surface area (Å²) in [6.07, 6.45) is -2.44. The van der Waals surface area contributed by atoms with Gasteiger partial charge in [0.15, 0.2) is 5.60 Å². The summed E-state index contributed by atoms with van der Waals surface area (Å²) in [5.41, 5.74) is -2.40. The first kappa shape index (κ1) is 47.9. The Bertz CT molecular complexity index is 2050. The van der Waals surface area contributed by atoms with Crippen molar-refractivity contribution in [2.24, 2.45) is 10.8 Å². The second-order valence-corrected chi connectivity index (χ2v) is 18.3. The first-order valence-electron chi connectivity index (χ1n) is 19.2. The van der Waals surface area contributed by atoms with E-state index >= 15 is 0 Å². The zero-order chi connectivity index (χ0) is 43.4. The maximum Gasteiger partial charge on any atom is 0.471 e. The van der Waals surface area contributed by atoms with Crippen LogP contribution in [0.1, 0.15) is 115 Å². The minimum Gasteiger partial charge on any atom is -0.456 e. The third-order valence-corrected chi connectivity index (χ3v) is 11.3. The number of hydrogen-bond donors (Lipinski definition) is 2. The summed E-state index contributed by atoms with van der Waals surface area (Å²) in [6, 6.07) is 13.5. The van der Waals surface area contributed by atoms with Gasteiger partial charge in [0.25, 0.3) is 0 Å². The lowest BCUT2D eigenvalue weighted by molar-refractivity contribution is -0.173. The molecular weight excluding hydrogens is 810 g/mol. The van der Waals surface area contributed by atoms with Crippen LogP contribution in [-0.2, 0) is 38.3 Å². The van der Waals surface area contributed by atoms with Crippen LogP contribution in [-0.4, -0.2) is 61.5 Å². The van der Waals surface area contributed by atoms with Crippen molar-refractivity contribution >= 4 is 36.7 Å². The van der Waals surface area contributed by atoms with Crippen LogP contribution in [0.25, 0.3) is 0 Å². The van der Waals surface area contributed by atoms with Crippen molar-refractivity contribution in [2.75, 3.05) is 26.4 Å². The summed E-state index contributed by atoms with van der Waals surface area (Å²) in [5.74, 6) is -3.28. The number of hydrogen-bond acceptors (Lipinski definition) is 12. The molecule has 1 spiro atoms. The molecule has 2 aliphatic rings. The van der Waals surface area contributed by atoms with Crippen LogP contribution in [0.5, 0.6) is 23.0 Å². The SMILES string of the molecule is C.CC(C)(C)C(=O)Oc1ccc2c(c1)Oc1cc(OC(=O)C(C)(C)C)ccc1C21OC(=O)c2ccc(P(=O)(OCCCCCCO)OCCCCNC(=O)C(F)(F)F)cc21. The van der Waals surface area contributed by atoms with Gasteiger partial charge in [-0.3, -0.25) is 18.9 Å². The third-order valence-electron chi connectivity index (χ3n) is 9.38. The lowest BCUT2D eigenvalue weighted by Gasteiger charge is -2.37. The van der Waals surface area contributed by atoms with Gasteiger partial charge in [-0.15, -0.1) is 0 Å². The van der Waals surface area contributed by atoms with E-state index in [1.807, 2.05) is 0 Å². The van der Waals surface area contributed by atoms with Gasteiger partial charge in [0, 0.05) is 42.0 Å². The summed E-state index contributed by atoms with van der Waals surface area (Å²) < 4.78 is 88.4. The molecule has 0 saturated carbocycles. The zero-order valence-corrected chi connectivity index (χ0v) is 34.7. The molecule has 1 atom stereocenters. The van der Waals surface area contributed by atoms with Gasteiger partial charge < -0.3 is 38.4 Å². The van der Waals surface area contributed by atoms with Crippen LogP contribution in [0.2, 0.25) is 0 Å². The predicted octanol–water partition coefficient (Wildman–Crippen LogP) is 8.66. The van der Waals surface area contributed by atoms with Crippen LogP contribution in [0.4, 0.5) is 13.2 Å². The average molecular weight is 864 g/mol. The lowest BCUT2D eigenvalue weighted by atomic mass is 9.77. The first-order chi connectivity index (χ1) is 27.6. The summed E-state index contributed by atoms with van der Waals surface area (Å²) in [6.45, 7) is 9.69. The van der Waals surface area contributed by atoms with Gasteiger partial charge in [-0.05, 0) is 110 Å². The Morgan fingerprint density at radius 2 is 1.25 bits per heavy atom. The van der Waals surface area contributed by atoms with E-state index < -0.39 is 54.0 Å². The predicted molar refractivity (Wildman–Crippen MR) is 215 cm³/mol. The molecule has 2 heterocycles. The number of fused-ring (bicyclic) bond motifs is 6. The molecule has 0 fully saturated rings. The Kier molecular flexibility index (Phi) is 15.1. The fourth-order valence-electron chi connectivity index (χ4n) is 6.14. The van der Waals surface area contributed by atoms with Crippen LogP contribution < -0.4 is 24.8 Å².